The number of anilines is 2. The van der Waals surface area contributed by atoms with Crippen molar-refractivity contribution in [2.45, 2.75) is 11.8 Å². The molecular formula is C26H20Cl2N2O4S. The first-order valence-corrected chi connectivity index (χ1v) is 12.7. The van der Waals surface area contributed by atoms with Crippen LogP contribution in [0.4, 0.5) is 11.4 Å². The third-order valence-corrected chi connectivity index (χ3v) is 7.05. The Kier molecular flexibility index (Phi) is 7.31. The molecule has 4 aromatic rings. The Morgan fingerprint density at radius 3 is 2.29 bits per heavy atom. The van der Waals surface area contributed by atoms with Crippen LogP contribution < -0.4 is 14.8 Å². The molecule has 0 saturated carbocycles. The zero-order chi connectivity index (χ0) is 25.0. The minimum Gasteiger partial charge on any atom is -0.455 e. The van der Waals surface area contributed by atoms with Crippen LogP contribution in [0, 0.1) is 6.92 Å². The van der Waals surface area contributed by atoms with Crippen LogP contribution in [-0.2, 0) is 10.0 Å². The van der Waals surface area contributed by atoms with Crippen LogP contribution in [0.2, 0.25) is 10.0 Å². The summed E-state index contributed by atoms with van der Waals surface area (Å²) in [6.45, 7) is 1.90. The van der Waals surface area contributed by atoms with Gasteiger partial charge in [-0.2, -0.15) is 0 Å². The van der Waals surface area contributed by atoms with Crippen molar-refractivity contribution in [3.05, 3.63) is 112 Å². The van der Waals surface area contributed by atoms with Crippen molar-refractivity contribution in [2.75, 3.05) is 10.0 Å². The third-order valence-electron chi connectivity index (χ3n) is 4.95. The van der Waals surface area contributed by atoms with E-state index in [1.54, 1.807) is 54.6 Å². The molecule has 4 rings (SSSR count). The van der Waals surface area contributed by atoms with Gasteiger partial charge in [-0.1, -0.05) is 59.1 Å². The molecule has 178 valence electrons. The lowest BCUT2D eigenvalue weighted by molar-refractivity contribution is 0.102. The molecule has 0 heterocycles. The van der Waals surface area contributed by atoms with E-state index in [9.17, 15) is 13.2 Å². The molecule has 0 saturated heterocycles. The summed E-state index contributed by atoms with van der Waals surface area (Å²) in [5.74, 6) is 0.387. The second-order valence-electron chi connectivity index (χ2n) is 7.63. The van der Waals surface area contributed by atoms with Crippen molar-refractivity contribution in [3.63, 3.8) is 0 Å². The van der Waals surface area contributed by atoms with Gasteiger partial charge < -0.3 is 10.1 Å². The highest BCUT2D eigenvalue weighted by atomic mass is 35.5. The number of halogens is 2. The Hall–Kier alpha value is -3.52. The second kappa shape index (κ2) is 10.4. The van der Waals surface area contributed by atoms with Crippen LogP contribution in [0.25, 0.3) is 0 Å². The van der Waals surface area contributed by atoms with Crippen molar-refractivity contribution < 1.29 is 17.9 Å². The fourth-order valence-corrected chi connectivity index (χ4v) is 4.94. The Labute approximate surface area is 213 Å². The second-order valence-corrected chi connectivity index (χ2v) is 10.1. The van der Waals surface area contributed by atoms with Crippen LogP contribution in [0.1, 0.15) is 15.9 Å². The largest absolute Gasteiger partial charge is 0.455 e. The van der Waals surface area contributed by atoms with E-state index in [1.807, 2.05) is 25.1 Å². The number of ether oxygens (including phenoxy) is 1. The number of hydrogen-bond donors (Lipinski definition) is 2. The minimum atomic E-state index is -4.05. The Balaban J connectivity index is 1.60. The van der Waals surface area contributed by atoms with Gasteiger partial charge in [0.25, 0.3) is 15.9 Å². The first kappa shape index (κ1) is 24.6. The van der Waals surface area contributed by atoms with E-state index in [0.717, 1.165) is 5.56 Å². The number of carbonyl (C=O) groups excluding carboxylic acids is 1. The summed E-state index contributed by atoms with van der Waals surface area (Å²) in [5, 5.41) is 3.11. The summed E-state index contributed by atoms with van der Waals surface area (Å²) in [6, 6.07) is 24.7. The molecule has 6 nitrogen and oxygen atoms in total. The smallest absolute Gasteiger partial charge is 0.263 e. The average molecular weight is 527 g/mol. The van der Waals surface area contributed by atoms with Gasteiger partial charge >= 0.3 is 0 Å². The van der Waals surface area contributed by atoms with Gasteiger partial charge in [-0.15, -0.1) is 0 Å². The van der Waals surface area contributed by atoms with Crippen LogP contribution in [0.15, 0.2) is 95.9 Å². The molecule has 4 aromatic carbocycles. The van der Waals surface area contributed by atoms with Gasteiger partial charge in [-0.25, -0.2) is 8.42 Å². The number of hydrogen-bond acceptors (Lipinski definition) is 4. The number of nitrogens with one attached hydrogen (secondary N) is 2. The number of aryl methyl sites for hydroxylation is 1. The van der Waals surface area contributed by atoms with Crippen molar-refractivity contribution in [3.8, 4) is 11.5 Å². The van der Waals surface area contributed by atoms with E-state index < -0.39 is 15.9 Å². The van der Waals surface area contributed by atoms with Gasteiger partial charge in [-0.05, 0) is 67.6 Å². The van der Waals surface area contributed by atoms with Gasteiger partial charge in [-0.3, -0.25) is 9.52 Å². The number of carbonyl (C=O) groups is 1. The standard InChI is InChI=1S/C26H20Cl2N2O4S/c1-17-7-11-20(12-8-17)30-35(32,33)25-15-18(9-13-22(25)28)26(31)29-23-16-19(27)10-14-24(23)34-21-5-3-2-4-6-21/h2-16,30H,1H3,(H,29,31). The fourth-order valence-electron chi connectivity index (χ4n) is 3.18. The molecule has 0 aliphatic carbocycles. The molecule has 0 aliphatic rings. The number of sulfonamides is 1. The third kappa shape index (κ3) is 6.14. The van der Waals surface area contributed by atoms with Gasteiger partial charge in [0.15, 0.2) is 5.75 Å². The number of amides is 1. The van der Waals surface area contributed by atoms with Crippen LogP contribution >= 0.6 is 23.2 Å². The van der Waals surface area contributed by atoms with Crippen LogP contribution in [-0.4, -0.2) is 14.3 Å². The zero-order valence-corrected chi connectivity index (χ0v) is 20.8. The molecule has 0 aromatic heterocycles. The SMILES string of the molecule is Cc1ccc(NS(=O)(=O)c2cc(C(=O)Nc3cc(Cl)ccc3Oc3ccccc3)ccc2Cl)cc1. The van der Waals surface area contributed by atoms with E-state index in [-0.39, 0.29) is 15.5 Å². The molecule has 2 N–H and O–H groups in total. The maximum atomic E-state index is 13.0. The van der Waals surface area contributed by atoms with Crippen LogP contribution in [0.3, 0.4) is 0 Å². The molecule has 35 heavy (non-hydrogen) atoms. The first-order chi connectivity index (χ1) is 16.7. The molecule has 0 spiro atoms. The molecule has 9 heteroatoms. The van der Waals surface area contributed by atoms with Gasteiger partial charge in [0.05, 0.1) is 10.7 Å². The number of para-hydroxylation sites is 1. The molecule has 0 fully saturated rings. The predicted molar refractivity (Wildman–Crippen MR) is 139 cm³/mol. The average Bonchev–Trinajstić information content (AvgIpc) is 2.83. The highest BCUT2D eigenvalue weighted by Crippen LogP contribution is 2.33. The van der Waals surface area contributed by atoms with Crippen molar-refractivity contribution in [2.24, 2.45) is 0 Å². The van der Waals surface area contributed by atoms with Gasteiger partial charge in [0, 0.05) is 16.3 Å². The highest BCUT2D eigenvalue weighted by Gasteiger charge is 2.21. The first-order valence-electron chi connectivity index (χ1n) is 10.4. The van der Waals surface area contributed by atoms with Crippen molar-refractivity contribution in [1.29, 1.82) is 0 Å². The molecule has 0 aliphatic heterocycles. The molecular weight excluding hydrogens is 507 g/mol. The van der Waals surface area contributed by atoms with Crippen molar-refractivity contribution in [1.82, 2.24) is 0 Å². The van der Waals surface area contributed by atoms with Crippen molar-refractivity contribution >= 4 is 50.5 Å². The van der Waals surface area contributed by atoms with Gasteiger partial charge in [0.1, 0.15) is 10.6 Å². The summed E-state index contributed by atoms with van der Waals surface area (Å²) >= 11 is 12.3. The quantitative estimate of drug-likeness (QED) is 0.267. The van der Waals surface area contributed by atoms with E-state index in [4.69, 9.17) is 27.9 Å². The Morgan fingerprint density at radius 1 is 0.857 bits per heavy atom. The lowest BCUT2D eigenvalue weighted by Gasteiger charge is -2.14. The molecule has 0 radical (unpaired) electrons. The van der Waals surface area contributed by atoms with E-state index in [2.05, 4.69) is 10.0 Å². The van der Waals surface area contributed by atoms with Crippen LogP contribution in [0.5, 0.6) is 11.5 Å². The maximum Gasteiger partial charge on any atom is 0.263 e. The summed E-state index contributed by atoms with van der Waals surface area (Å²) < 4.78 is 34.3. The summed E-state index contributed by atoms with van der Waals surface area (Å²) in [4.78, 5) is 12.8. The van der Waals surface area contributed by atoms with Gasteiger partial charge in [0.2, 0.25) is 0 Å². The lowest BCUT2D eigenvalue weighted by atomic mass is 10.2. The highest BCUT2D eigenvalue weighted by molar-refractivity contribution is 7.92. The summed E-state index contributed by atoms with van der Waals surface area (Å²) in [7, 11) is -4.05. The normalized spacial score (nSPS) is 11.1. The molecule has 0 unspecified atom stereocenters. The summed E-state index contributed by atoms with van der Waals surface area (Å²) in [6.07, 6.45) is 0. The lowest BCUT2D eigenvalue weighted by Crippen LogP contribution is -2.16. The molecule has 0 bridgehead atoms. The Bertz CT molecular complexity index is 1480. The van der Waals surface area contributed by atoms with E-state index >= 15 is 0 Å². The topological polar surface area (TPSA) is 84.5 Å². The molecule has 1 amide bonds. The fraction of sp³-hybridized carbons (Fsp3) is 0.0385. The maximum absolute atomic E-state index is 13.0. The van der Waals surface area contributed by atoms with E-state index in [1.165, 1.54) is 18.2 Å². The Morgan fingerprint density at radius 2 is 1.57 bits per heavy atom. The number of benzene rings is 4. The molecule has 0 atom stereocenters. The van der Waals surface area contributed by atoms with E-state index in [0.29, 0.717) is 27.9 Å². The minimum absolute atomic E-state index is 0.0167. The predicted octanol–water partition coefficient (Wildman–Crippen LogP) is 7.15. The zero-order valence-electron chi connectivity index (χ0n) is 18.5. The summed E-state index contributed by atoms with van der Waals surface area (Å²) in [5.41, 5.74) is 1.78. The monoisotopic (exact) mass is 526 g/mol. The number of rotatable bonds is 7.